The van der Waals surface area contributed by atoms with Crippen molar-refractivity contribution in [2.75, 3.05) is 5.73 Å². The molecular formula is C8H7N3O. The molecule has 4 nitrogen and oxygen atoms in total. The van der Waals surface area contributed by atoms with E-state index < -0.39 is 0 Å². The lowest BCUT2D eigenvalue weighted by Gasteiger charge is -1.98. The molecule has 0 saturated heterocycles. The molecule has 0 atom stereocenters. The molecule has 2 heterocycles. The summed E-state index contributed by atoms with van der Waals surface area (Å²) in [5.74, 6) is 0. The third kappa shape index (κ3) is 0.934. The Labute approximate surface area is 68.1 Å². The van der Waals surface area contributed by atoms with Crippen molar-refractivity contribution in [2.45, 2.75) is 0 Å². The maximum Gasteiger partial charge on any atom is 0.250 e. The first-order chi connectivity index (χ1) is 5.77. The van der Waals surface area contributed by atoms with Gasteiger partial charge in [0.25, 0.3) is 0 Å². The molecule has 0 bridgehead atoms. The first kappa shape index (κ1) is 6.84. The third-order valence-corrected chi connectivity index (χ3v) is 1.68. The molecule has 0 spiro atoms. The van der Waals surface area contributed by atoms with Gasteiger partial charge < -0.3 is 10.7 Å². The van der Waals surface area contributed by atoms with Crippen LogP contribution in [-0.4, -0.2) is 9.97 Å². The summed E-state index contributed by atoms with van der Waals surface area (Å²) in [5.41, 5.74) is 6.59. The second-order valence-electron chi connectivity index (χ2n) is 2.51. The van der Waals surface area contributed by atoms with Crippen molar-refractivity contribution in [3.8, 4) is 0 Å². The number of nitrogens with one attached hydrogen (secondary N) is 1. The van der Waals surface area contributed by atoms with Gasteiger partial charge in [-0.2, -0.15) is 0 Å². The Morgan fingerprint density at radius 1 is 1.50 bits per heavy atom. The van der Waals surface area contributed by atoms with Crippen molar-refractivity contribution in [3.05, 3.63) is 34.9 Å². The molecule has 0 radical (unpaired) electrons. The number of aromatic nitrogens is 2. The van der Waals surface area contributed by atoms with E-state index in [2.05, 4.69) is 9.97 Å². The molecule has 0 fully saturated rings. The zero-order valence-corrected chi connectivity index (χ0v) is 6.24. The summed E-state index contributed by atoms with van der Waals surface area (Å²) in [7, 11) is 0. The molecule has 2 aromatic rings. The molecule has 0 aliphatic rings. The Balaban J connectivity index is 2.99. The Bertz CT molecular complexity index is 475. The van der Waals surface area contributed by atoms with Crippen LogP contribution in [0, 0.1) is 0 Å². The fraction of sp³-hybridized carbons (Fsp3) is 0. The number of anilines is 1. The van der Waals surface area contributed by atoms with Crippen LogP contribution in [0.2, 0.25) is 0 Å². The van der Waals surface area contributed by atoms with Crippen molar-refractivity contribution in [2.24, 2.45) is 0 Å². The lowest BCUT2D eigenvalue weighted by molar-refractivity contribution is 1.28. The average Bonchev–Trinajstić information content (AvgIpc) is 2.04. The quantitative estimate of drug-likeness (QED) is 0.591. The molecule has 0 saturated carbocycles. The summed E-state index contributed by atoms with van der Waals surface area (Å²) in [5, 5.41) is 0.775. The number of pyridine rings is 2. The lowest BCUT2D eigenvalue weighted by Crippen LogP contribution is -2.06. The van der Waals surface area contributed by atoms with Gasteiger partial charge in [0.1, 0.15) is 0 Å². The molecular weight excluding hydrogens is 154 g/mol. The van der Waals surface area contributed by atoms with Crippen LogP contribution in [0.1, 0.15) is 0 Å². The molecule has 0 unspecified atom stereocenters. The largest absolute Gasteiger partial charge is 0.398 e. The highest BCUT2D eigenvalue weighted by atomic mass is 16.1. The van der Waals surface area contributed by atoms with Crippen molar-refractivity contribution in [1.82, 2.24) is 9.97 Å². The van der Waals surface area contributed by atoms with Crippen LogP contribution in [0.4, 0.5) is 5.69 Å². The van der Waals surface area contributed by atoms with Gasteiger partial charge in [-0.15, -0.1) is 0 Å². The number of nitrogens with zero attached hydrogens (tertiary/aromatic N) is 1. The van der Waals surface area contributed by atoms with Gasteiger partial charge in [-0.05, 0) is 6.07 Å². The maximum atomic E-state index is 10.9. The van der Waals surface area contributed by atoms with Crippen molar-refractivity contribution < 1.29 is 0 Å². The summed E-state index contributed by atoms with van der Waals surface area (Å²) in [6.07, 6.45) is 3.23. The van der Waals surface area contributed by atoms with E-state index in [1.165, 1.54) is 6.07 Å². The predicted octanol–water partition coefficient (Wildman–Crippen LogP) is 0.505. The van der Waals surface area contributed by atoms with Gasteiger partial charge in [0.15, 0.2) is 0 Å². The molecule has 2 rings (SSSR count). The second-order valence-corrected chi connectivity index (χ2v) is 2.51. The van der Waals surface area contributed by atoms with E-state index in [4.69, 9.17) is 5.73 Å². The van der Waals surface area contributed by atoms with E-state index in [-0.39, 0.29) is 5.56 Å². The predicted molar refractivity (Wildman–Crippen MR) is 46.8 cm³/mol. The number of nitrogens with two attached hydrogens (primary N) is 1. The topological polar surface area (TPSA) is 71.8 Å². The minimum atomic E-state index is -0.189. The average molecular weight is 161 g/mol. The molecule has 0 aliphatic heterocycles. The van der Waals surface area contributed by atoms with Crippen LogP contribution in [0.25, 0.3) is 10.9 Å². The van der Waals surface area contributed by atoms with E-state index in [1.54, 1.807) is 18.5 Å². The Morgan fingerprint density at radius 3 is 3.17 bits per heavy atom. The summed E-state index contributed by atoms with van der Waals surface area (Å²) >= 11 is 0. The second kappa shape index (κ2) is 2.34. The molecule has 12 heavy (non-hydrogen) atoms. The van der Waals surface area contributed by atoms with Crippen LogP contribution >= 0.6 is 0 Å². The minimum Gasteiger partial charge on any atom is -0.398 e. The number of aromatic amines is 1. The minimum absolute atomic E-state index is 0.189. The standard InChI is InChI=1S/C8H7N3O/c9-6-3-8(12)11-7-1-2-10-4-5(6)7/h1-4H,(H3,9,11,12). The zero-order chi connectivity index (χ0) is 8.55. The van der Waals surface area contributed by atoms with Crippen molar-refractivity contribution in [1.29, 1.82) is 0 Å². The zero-order valence-electron chi connectivity index (χ0n) is 6.24. The highest BCUT2D eigenvalue weighted by Gasteiger charge is 1.97. The SMILES string of the molecule is Nc1cc(=O)[nH]c2ccncc12. The van der Waals surface area contributed by atoms with Gasteiger partial charge in [0.05, 0.1) is 5.52 Å². The van der Waals surface area contributed by atoms with Gasteiger partial charge >= 0.3 is 0 Å². The number of fused-ring (bicyclic) bond motifs is 1. The fourth-order valence-corrected chi connectivity index (χ4v) is 1.12. The molecule has 0 aromatic carbocycles. The smallest absolute Gasteiger partial charge is 0.250 e. The summed E-state index contributed by atoms with van der Waals surface area (Å²) in [6.45, 7) is 0. The van der Waals surface area contributed by atoms with Gasteiger partial charge in [-0.25, -0.2) is 0 Å². The van der Waals surface area contributed by atoms with Gasteiger partial charge in [-0.3, -0.25) is 9.78 Å². The van der Waals surface area contributed by atoms with E-state index in [0.717, 1.165) is 10.9 Å². The number of nitrogen functional groups attached to an aromatic ring is 1. The van der Waals surface area contributed by atoms with E-state index in [9.17, 15) is 4.79 Å². The van der Waals surface area contributed by atoms with Crippen LogP contribution in [-0.2, 0) is 0 Å². The van der Waals surface area contributed by atoms with Crippen molar-refractivity contribution in [3.63, 3.8) is 0 Å². The van der Waals surface area contributed by atoms with Crippen LogP contribution in [0.5, 0.6) is 0 Å². The highest BCUT2D eigenvalue weighted by molar-refractivity contribution is 5.88. The molecule has 60 valence electrons. The van der Waals surface area contributed by atoms with E-state index >= 15 is 0 Å². The van der Waals surface area contributed by atoms with Crippen LogP contribution < -0.4 is 11.3 Å². The van der Waals surface area contributed by atoms with E-state index in [1.807, 2.05) is 0 Å². The fourth-order valence-electron chi connectivity index (χ4n) is 1.12. The Kier molecular flexibility index (Phi) is 1.33. The number of hydrogen-bond acceptors (Lipinski definition) is 3. The normalized spacial score (nSPS) is 10.3. The molecule has 0 aliphatic carbocycles. The maximum absolute atomic E-state index is 10.9. The third-order valence-electron chi connectivity index (χ3n) is 1.68. The van der Waals surface area contributed by atoms with Crippen LogP contribution in [0.15, 0.2) is 29.3 Å². The Morgan fingerprint density at radius 2 is 2.33 bits per heavy atom. The van der Waals surface area contributed by atoms with Gasteiger partial charge in [0.2, 0.25) is 5.56 Å². The van der Waals surface area contributed by atoms with Gasteiger partial charge in [-0.1, -0.05) is 0 Å². The summed E-state index contributed by atoms with van der Waals surface area (Å²) in [6, 6.07) is 3.07. The summed E-state index contributed by atoms with van der Waals surface area (Å²) in [4.78, 5) is 17.5. The number of hydrogen-bond donors (Lipinski definition) is 2. The number of H-pyrrole nitrogens is 1. The number of rotatable bonds is 0. The summed E-state index contributed by atoms with van der Waals surface area (Å²) < 4.78 is 0. The monoisotopic (exact) mass is 161 g/mol. The molecule has 4 heteroatoms. The van der Waals surface area contributed by atoms with Crippen molar-refractivity contribution >= 4 is 16.6 Å². The molecule has 0 amide bonds. The molecule has 2 aromatic heterocycles. The first-order valence-electron chi connectivity index (χ1n) is 3.50. The highest BCUT2D eigenvalue weighted by Crippen LogP contribution is 2.13. The van der Waals surface area contributed by atoms with Gasteiger partial charge in [0, 0.05) is 29.5 Å². The first-order valence-corrected chi connectivity index (χ1v) is 3.50. The molecule has 3 N–H and O–H groups in total. The van der Waals surface area contributed by atoms with E-state index in [0.29, 0.717) is 5.69 Å². The Hall–Kier alpha value is -1.84. The lowest BCUT2D eigenvalue weighted by atomic mass is 10.2. The van der Waals surface area contributed by atoms with Crippen LogP contribution in [0.3, 0.4) is 0 Å².